The van der Waals surface area contributed by atoms with Crippen LogP contribution in [0.1, 0.15) is 13.8 Å². The van der Waals surface area contributed by atoms with E-state index in [1.165, 1.54) is 12.1 Å². The molecular formula is C19H22N4O3S2. The molecule has 9 heteroatoms. The average molecular weight is 419 g/mol. The van der Waals surface area contributed by atoms with Crippen LogP contribution in [0.3, 0.4) is 0 Å². The SMILES string of the molecule is CC(C)Oc1ccc(S(N)(=O)=O)cc1NC(=S)Nc1cccc2c1ccn2C. The molecule has 0 amide bonds. The quantitative estimate of drug-likeness (QED) is 0.549. The highest BCUT2D eigenvalue weighted by Gasteiger charge is 2.15. The van der Waals surface area contributed by atoms with Gasteiger partial charge in [-0.05, 0) is 62.5 Å². The van der Waals surface area contributed by atoms with Crippen LogP contribution in [0.15, 0.2) is 53.6 Å². The van der Waals surface area contributed by atoms with Crippen LogP contribution >= 0.6 is 12.2 Å². The van der Waals surface area contributed by atoms with Gasteiger partial charge in [-0.1, -0.05) is 6.07 Å². The molecule has 0 bridgehead atoms. The summed E-state index contributed by atoms with van der Waals surface area (Å²) in [6, 6.07) is 12.2. The molecule has 148 valence electrons. The molecule has 0 atom stereocenters. The van der Waals surface area contributed by atoms with E-state index in [9.17, 15) is 8.42 Å². The van der Waals surface area contributed by atoms with Crippen LogP contribution in [-0.4, -0.2) is 24.2 Å². The molecule has 3 aromatic rings. The summed E-state index contributed by atoms with van der Waals surface area (Å²) < 4.78 is 31.2. The maximum Gasteiger partial charge on any atom is 0.238 e. The number of nitrogens with zero attached hydrogens (tertiary/aromatic N) is 1. The first kappa shape index (κ1) is 20.1. The van der Waals surface area contributed by atoms with Crippen molar-refractivity contribution >= 4 is 49.6 Å². The molecule has 3 rings (SSSR count). The van der Waals surface area contributed by atoms with Gasteiger partial charge in [0.1, 0.15) is 5.75 Å². The summed E-state index contributed by atoms with van der Waals surface area (Å²) >= 11 is 5.43. The molecule has 0 aliphatic rings. The van der Waals surface area contributed by atoms with Crippen molar-refractivity contribution in [1.29, 1.82) is 0 Å². The Morgan fingerprint density at radius 2 is 1.86 bits per heavy atom. The molecule has 28 heavy (non-hydrogen) atoms. The Hall–Kier alpha value is -2.62. The molecule has 0 radical (unpaired) electrons. The zero-order valence-corrected chi connectivity index (χ0v) is 17.4. The van der Waals surface area contributed by atoms with Gasteiger partial charge in [0.05, 0.1) is 16.7 Å². The van der Waals surface area contributed by atoms with Gasteiger partial charge < -0.3 is 19.9 Å². The Balaban J connectivity index is 1.89. The second kappa shape index (κ2) is 7.78. The topological polar surface area (TPSA) is 98.4 Å². The largest absolute Gasteiger partial charge is 0.489 e. The van der Waals surface area contributed by atoms with Crippen LogP contribution in [-0.2, 0) is 17.1 Å². The molecule has 1 heterocycles. The molecule has 0 unspecified atom stereocenters. The lowest BCUT2D eigenvalue weighted by Gasteiger charge is -2.18. The monoisotopic (exact) mass is 418 g/mol. The van der Waals surface area contributed by atoms with E-state index in [1.54, 1.807) is 6.07 Å². The Kier molecular flexibility index (Phi) is 5.59. The van der Waals surface area contributed by atoms with Crippen LogP contribution in [0.25, 0.3) is 10.9 Å². The maximum atomic E-state index is 11.7. The van der Waals surface area contributed by atoms with Crippen LogP contribution in [0, 0.1) is 0 Å². The molecule has 4 N–H and O–H groups in total. The van der Waals surface area contributed by atoms with Crippen molar-refractivity contribution in [3.05, 3.63) is 48.7 Å². The summed E-state index contributed by atoms with van der Waals surface area (Å²) in [6.45, 7) is 3.76. The summed E-state index contributed by atoms with van der Waals surface area (Å²) in [5, 5.41) is 12.7. The Labute approximate surface area is 169 Å². The van der Waals surface area contributed by atoms with Crippen LogP contribution < -0.4 is 20.5 Å². The van der Waals surface area contributed by atoms with Gasteiger partial charge in [0, 0.05) is 29.8 Å². The summed E-state index contributed by atoms with van der Waals surface area (Å²) in [6.07, 6.45) is 1.87. The lowest BCUT2D eigenvalue weighted by atomic mass is 10.2. The van der Waals surface area contributed by atoms with E-state index in [0.29, 0.717) is 16.5 Å². The van der Waals surface area contributed by atoms with Crippen molar-refractivity contribution in [2.45, 2.75) is 24.8 Å². The van der Waals surface area contributed by atoms with Crippen LogP contribution in [0.5, 0.6) is 5.75 Å². The number of sulfonamides is 1. The minimum absolute atomic E-state index is 0.0286. The number of rotatable bonds is 5. The van der Waals surface area contributed by atoms with Gasteiger partial charge in [-0.15, -0.1) is 0 Å². The third kappa shape index (κ3) is 4.44. The predicted octanol–water partition coefficient (Wildman–Crippen LogP) is 3.42. The van der Waals surface area contributed by atoms with Gasteiger partial charge >= 0.3 is 0 Å². The van der Waals surface area contributed by atoms with E-state index in [-0.39, 0.29) is 11.0 Å². The lowest BCUT2D eigenvalue weighted by Crippen LogP contribution is -2.21. The highest BCUT2D eigenvalue weighted by Crippen LogP contribution is 2.29. The molecule has 0 saturated carbocycles. The van der Waals surface area contributed by atoms with E-state index >= 15 is 0 Å². The number of ether oxygens (including phenoxy) is 1. The second-order valence-corrected chi connectivity index (χ2v) is 8.58. The molecule has 2 aromatic carbocycles. The van der Waals surface area contributed by atoms with Crippen molar-refractivity contribution in [2.75, 3.05) is 10.6 Å². The van der Waals surface area contributed by atoms with Crippen molar-refractivity contribution in [3.8, 4) is 5.75 Å². The number of aryl methyl sites for hydroxylation is 1. The van der Waals surface area contributed by atoms with E-state index in [0.717, 1.165) is 16.6 Å². The highest BCUT2D eigenvalue weighted by atomic mass is 32.2. The van der Waals surface area contributed by atoms with E-state index in [2.05, 4.69) is 10.6 Å². The third-order valence-corrected chi connectivity index (χ3v) is 5.18. The third-order valence-electron chi connectivity index (χ3n) is 4.07. The van der Waals surface area contributed by atoms with Gasteiger partial charge in [-0.25, -0.2) is 13.6 Å². The van der Waals surface area contributed by atoms with E-state index < -0.39 is 10.0 Å². The van der Waals surface area contributed by atoms with Crippen molar-refractivity contribution in [3.63, 3.8) is 0 Å². The number of aromatic nitrogens is 1. The first-order valence-electron chi connectivity index (χ1n) is 8.60. The highest BCUT2D eigenvalue weighted by molar-refractivity contribution is 7.89. The molecule has 0 aliphatic heterocycles. The molecule has 0 fully saturated rings. The predicted molar refractivity (Wildman–Crippen MR) is 116 cm³/mol. The molecule has 0 saturated heterocycles. The van der Waals surface area contributed by atoms with E-state index in [4.69, 9.17) is 22.1 Å². The summed E-state index contributed by atoms with van der Waals surface area (Å²) in [4.78, 5) is -0.0286. The van der Waals surface area contributed by atoms with Gasteiger partial charge in [0.25, 0.3) is 0 Å². The Bertz CT molecular complexity index is 1140. The number of hydrogen-bond donors (Lipinski definition) is 3. The minimum atomic E-state index is -3.85. The summed E-state index contributed by atoms with van der Waals surface area (Å²) in [5.74, 6) is 0.476. The van der Waals surface area contributed by atoms with E-state index in [1.807, 2.05) is 55.9 Å². The van der Waals surface area contributed by atoms with Gasteiger partial charge in [-0.2, -0.15) is 0 Å². The second-order valence-electron chi connectivity index (χ2n) is 6.61. The number of primary sulfonamides is 1. The minimum Gasteiger partial charge on any atom is -0.489 e. The van der Waals surface area contributed by atoms with Gasteiger partial charge in [0.2, 0.25) is 10.0 Å². The van der Waals surface area contributed by atoms with Crippen molar-refractivity contribution in [1.82, 2.24) is 4.57 Å². The molecule has 0 aliphatic carbocycles. The van der Waals surface area contributed by atoms with Crippen LogP contribution in [0.2, 0.25) is 0 Å². The number of hydrogen-bond acceptors (Lipinski definition) is 4. The molecule has 7 nitrogen and oxygen atoms in total. The first-order valence-corrected chi connectivity index (χ1v) is 10.6. The fraction of sp³-hybridized carbons (Fsp3) is 0.211. The summed E-state index contributed by atoms with van der Waals surface area (Å²) in [7, 11) is -1.88. The summed E-state index contributed by atoms with van der Waals surface area (Å²) in [5.41, 5.74) is 2.32. The normalized spacial score (nSPS) is 11.6. The van der Waals surface area contributed by atoms with Gasteiger partial charge in [-0.3, -0.25) is 0 Å². The smallest absolute Gasteiger partial charge is 0.238 e. The Morgan fingerprint density at radius 3 is 2.54 bits per heavy atom. The zero-order chi connectivity index (χ0) is 20.5. The number of nitrogens with one attached hydrogen (secondary N) is 2. The van der Waals surface area contributed by atoms with Crippen LogP contribution in [0.4, 0.5) is 11.4 Å². The standard InChI is InChI=1S/C19H22N4O3S2/c1-12(2)26-18-8-7-13(28(20,24)25)11-16(18)22-19(27)21-15-5-4-6-17-14(15)9-10-23(17)3/h4-12H,1-3H3,(H2,20,24,25)(H2,21,22,27). The van der Waals surface area contributed by atoms with Crippen molar-refractivity contribution in [2.24, 2.45) is 12.2 Å². The first-order chi connectivity index (χ1) is 13.1. The van der Waals surface area contributed by atoms with Crippen molar-refractivity contribution < 1.29 is 13.2 Å². The fourth-order valence-electron chi connectivity index (χ4n) is 2.83. The zero-order valence-electron chi connectivity index (χ0n) is 15.8. The maximum absolute atomic E-state index is 11.7. The molecule has 1 aromatic heterocycles. The number of fused-ring (bicyclic) bond motifs is 1. The number of nitrogens with two attached hydrogens (primary N) is 1. The number of thiocarbonyl (C=S) groups is 1. The average Bonchev–Trinajstić information content (AvgIpc) is 2.97. The number of anilines is 2. The molecular weight excluding hydrogens is 396 g/mol. The number of benzene rings is 2. The fourth-order valence-corrected chi connectivity index (χ4v) is 3.59. The Morgan fingerprint density at radius 1 is 1.14 bits per heavy atom. The lowest BCUT2D eigenvalue weighted by molar-refractivity contribution is 0.243. The molecule has 0 spiro atoms. The van der Waals surface area contributed by atoms with Gasteiger partial charge in [0.15, 0.2) is 5.11 Å².